The molecule has 108 valence electrons. The summed E-state index contributed by atoms with van der Waals surface area (Å²) in [5, 5.41) is 3.55. The SMILES string of the molecule is CC(C)(C)N1CCOC(Cc2noc(C(F)F)n2)C1. The van der Waals surface area contributed by atoms with Crippen molar-refractivity contribution in [3.8, 4) is 0 Å². The molecule has 2 rings (SSSR count). The first kappa shape index (κ1) is 14.3. The maximum absolute atomic E-state index is 12.3. The fourth-order valence-electron chi connectivity index (χ4n) is 2.09. The van der Waals surface area contributed by atoms with Gasteiger partial charge in [0.25, 0.3) is 5.89 Å². The topological polar surface area (TPSA) is 51.4 Å². The number of hydrogen-bond donors (Lipinski definition) is 0. The van der Waals surface area contributed by atoms with Crippen LogP contribution in [0.25, 0.3) is 0 Å². The number of alkyl halides is 2. The Bertz CT molecular complexity index is 417. The Labute approximate surface area is 110 Å². The third-order valence-corrected chi connectivity index (χ3v) is 3.17. The van der Waals surface area contributed by atoms with Gasteiger partial charge in [0.15, 0.2) is 5.82 Å². The van der Waals surface area contributed by atoms with Crippen molar-refractivity contribution in [3.05, 3.63) is 11.7 Å². The third kappa shape index (κ3) is 3.70. The fraction of sp³-hybridized carbons (Fsp3) is 0.833. The minimum absolute atomic E-state index is 0.0629. The molecule has 1 saturated heterocycles. The van der Waals surface area contributed by atoms with E-state index in [4.69, 9.17) is 4.74 Å². The predicted octanol–water partition coefficient (Wildman–Crippen LogP) is 2.05. The molecule has 2 heterocycles. The molecule has 0 N–H and O–H groups in total. The molecule has 0 saturated carbocycles. The second-order valence-electron chi connectivity index (χ2n) is 5.66. The van der Waals surface area contributed by atoms with E-state index in [1.165, 1.54) is 0 Å². The fourth-order valence-corrected chi connectivity index (χ4v) is 2.09. The maximum Gasteiger partial charge on any atom is 0.315 e. The first-order chi connectivity index (χ1) is 8.86. The number of morpholine rings is 1. The van der Waals surface area contributed by atoms with Gasteiger partial charge in [-0.05, 0) is 20.8 Å². The molecule has 19 heavy (non-hydrogen) atoms. The van der Waals surface area contributed by atoms with Crippen LogP contribution < -0.4 is 0 Å². The summed E-state index contributed by atoms with van der Waals surface area (Å²) >= 11 is 0. The molecule has 1 aliphatic rings. The van der Waals surface area contributed by atoms with E-state index in [0.717, 1.165) is 13.1 Å². The van der Waals surface area contributed by atoms with Crippen LogP contribution in [0, 0.1) is 0 Å². The highest BCUT2D eigenvalue weighted by molar-refractivity contribution is 4.92. The number of nitrogens with zero attached hydrogens (tertiary/aromatic N) is 3. The monoisotopic (exact) mass is 275 g/mol. The molecule has 1 aromatic rings. The van der Waals surface area contributed by atoms with E-state index >= 15 is 0 Å². The number of aromatic nitrogens is 2. The highest BCUT2D eigenvalue weighted by Crippen LogP contribution is 2.20. The van der Waals surface area contributed by atoms with Gasteiger partial charge in [-0.1, -0.05) is 5.16 Å². The summed E-state index contributed by atoms with van der Waals surface area (Å²) in [6.45, 7) is 8.65. The molecule has 0 radical (unpaired) electrons. The van der Waals surface area contributed by atoms with Crippen molar-refractivity contribution in [3.63, 3.8) is 0 Å². The smallest absolute Gasteiger partial charge is 0.315 e. The molecule has 0 bridgehead atoms. The molecule has 0 spiro atoms. The Kier molecular flexibility index (Phi) is 4.15. The van der Waals surface area contributed by atoms with Gasteiger partial charge in [-0.2, -0.15) is 13.8 Å². The number of rotatable bonds is 3. The second-order valence-corrected chi connectivity index (χ2v) is 5.66. The molecule has 0 aromatic carbocycles. The van der Waals surface area contributed by atoms with Crippen LogP contribution in [0.4, 0.5) is 8.78 Å². The van der Waals surface area contributed by atoms with Crippen LogP contribution in [0.5, 0.6) is 0 Å². The van der Waals surface area contributed by atoms with E-state index in [1.807, 2.05) is 0 Å². The largest absolute Gasteiger partial charge is 0.375 e. The average Bonchev–Trinajstić information content (AvgIpc) is 2.77. The van der Waals surface area contributed by atoms with Gasteiger partial charge in [0.05, 0.1) is 12.7 Å². The zero-order chi connectivity index (χ0) is 14.0. The molecule has 7 heteroatoms. The summed E-state index contributed by atoms with van der Waals surface area (Å²) in [6.07, 6.45) is -2.42. The molecule has 0 amide bonds. The first-order valence-electron chi connectivity index (χ1n) is 6.33. The summed E-state index contributed by atoms with van der Waals surface area (Å²) in [5.74, 6) is -0.352. The molecule has 0 aliphatic carbocycles. The normalized spacial score (nSPS) is 22.1. The van der Waals surface area contributed by atoms with Crippen molar-refractivity contribution in [2.75, 3.05) is 19.7 Å². The number of halogens is 2. The van der Waals surface area contributed by atoms with Gasteiger partial charge in [-0.15, -0.1) is 0 Å². The Balaban J connectivity index is 1.95. The average molecular weight is 275 g/mol. The number of ether oxygens (including phenoxy) is 1. The van der Waals surface area contributed by atoms with Gasteiger partial charge < -0.3 is 9.26 Å². The van der Waals surface area contributed by atoms with E-state index in [0.29, 0.717) is 13.0 Å². The Morgan fingerprint density at radius 2 is 2.16 bits per heavy atom. The second kappa shape index (κ2) is 5.50. The summed E-state index contributed by atoms with van der Waals surface area (Å²) in [6, 6.07) is 0. The molecule has 1 aromatic heterocycles. The van der Waals surface area contributed by atoms with Crippen LogP contribution in [0.15, 0.2) is 4.52 Å². The van der Waals surface area contributed by atoms with E-state index in [-0.39, 0.29) is 17.5 Å². The molecular formula is C12H19F2N3O2. The van der Waals surface area contributed by atoms with Crippen LogP contribution in [0.3, 0.4) is 0 Å². The van der Waals surface area contributed by atoms with Crippen molar-refractivity contribution < 1.29 is 18.0 Å². The van der Waals surface area contributed by atoms with Crippen LogP contribution in [0.1, 0.15) is 38.9 Å². The van der Waals surface area contributed by atoms with Crippen molar-refractivity contribution in [2.24, 2.45) is 0 Å². The van der Waals surface area contributed by atoms with E-state index in [2.05, 4.69) is 40.3 Å². The molecule has 1 unspecified atom stereocenters. The van der Waals surface area contributed by atoms with Gasteiger partial charge in [-0.25, -0.2) is 0 Å². The van der Waals surface area contributed by atoms with Gasteiger partial charge in [-0.3, -0.25) is 4.90 Å². The quantitative estimate of drug-likeness (QED) is 0.845. The van der Waals surface area contributed by atoms with Crippen LogP contribution >= 0.6 is 0 Å². The lowest BCUT2D eigenvalue weighted by Gasteiger charge is -2.41. The molecule has 1 atom stereocenters. The zero-order valence-electron chi connectivity index (χ0n) is 11.4. The van der Waals surface area contributed by atoms with Crippen LogP contribution in [0.2, 0.25) is 0 Å². The third-order valence-electron chi connectivity index (χ3n) is 3.17. The van der Waals surface area contributed by atoms with E-state index < -0.39 is 12.3 Å². The van der Waals surface area contributed by atoms with Crippen molar-refractivity contribution in [1.82, 2.24) is 15.0 Å². The van der Waals surface area contributed by atoms with Gasteiger partial charge in [0.1, 0.15) is 0 Å². The summed E-state index contributed by atoms with van der Waals surface area (Å²) in [7, 11) is 0. The van der Waals surface area contributed by atoms with E-state index in [9.17, 15) is 8.78 Å². The molecule has 1 fully saturated rings. The Hall–Kier alpha value is -1.08. The van der Waals surface area contributed by atoms with Gasteiger partial charge in [0.2, 0.25) is 0 Å². The Morgan fingerprint density at radius 3 is 2.74 bits per heavy atom. The number of hydrogen-bond acceptors (Lipinski definition) is 5. The maximum atomic E-state index is 12.3. The lowest BCUT2D eigenvalue weighted by atomic mass is 10.0. The van der Waals surface area contributed by atoms with Crippen molar-refractivity contribution in [1.29, 1.82) is 0 Å². The van der Waals surface area contributed by atoms with Crippen LogP contribution in [-0.2, 0) is 11.2 Å². The zero-order valence-corrected chi connectivity index (χ0v) is 11.4. The summed E-state index contributed by atoms with van der Waals surface area (Å²) < 4.78 is 34.8. The Morgan fingerprint density at radius 1 is 1.42 bits per heavy atom. The van der Waals surface area contributed by atoms with Gasteiger partial charge >= 0.3 is 6.43 Å². The lowest BCUT2D eigenvalue weighted by molar-refractivity contribution is -0.0580. The molecular weight excluding hydrogens is 256 g/mol. The highest BCUT2D eigenvalue weighted by Gasteiger charge is 2.29. The molecule has 5 nitrogen and oxygen atoms in total. The summed E-state index contributed by atoms with van der Waals surface area (Å²) in [5.41, 5.74) is 0.0629. The van der Waals surface area contributed by atoms with Crippen molar-refractivity contribution in [2.45, 2.75) is 45.3 Å². The van der Waals surface area contributed by atoms with E-state index in [1.54, 1.807) is 0 Å². The van der Waals surface area contributed by atoms with Crippen molar-refractivity contribution >= 4 is 0 Å². The standard InChI is InChI=1S/C12H19F2N3O2/c1-12(2,3)17-4-5-18-8(7-17)6-9-15-11(10(13)14)19-16-9/h8,10H,4-7H2,1-3H3. The van der Waals surface area contributed by atoms with Crippen LogP contribution in [-0.4, -0.2) is 46.4 Å². The highest BCUT2D eigenvalue weighted by atomic mass is 19.3. The minimum atomic E-state index is -2.72. The molecule has 1 aliphatic heterocycles. The van der Waals surface area contributed by atoms with Gasteiger partial charge in [0, 0.05) is 25.0 Å². The predicted molar refractivity (Wildman–Crippen MR) is 64.0 cm³/mol. The first-order valence-corrected chi connectivity index (χ1v) is 6.33. The summed E-state index contributed by atoms with van der Waals surface area (Å²) in [4.78, 5) is 5.97. The lowest BCUT2D eigenvalue weighted by Crippen LogP contribution is -2.51. The minimum Gasteiger partial charge on any atom is -0.375 e.